The minimum Gasteiger partial charge on any atom is -0.482 e. The molecule has 1 N–H and O–H groups in total. The third-order valence-corrected chi connectivity index (χ3v) is 3.51. The van der Waals surface area contributed by atoms with Gasteiger partial charge in [0, 0.05) is 0 Å². The fourth-order valence-corrected chi connectivity index (χ4v) is 2.34. The molecule has 23 heavy (non-hydrogen) atoms. The molecule has 1 atom stereocenters. The lowest BCUT2D eigenvalue weighted by atomic mass is 9.96. The molecule has 0 aliphatic heterocycles. The van der Waals surface area contributed by atoms with Crippen LogP contribution in [0.1, 0.15) is 31.0 Å². The van der Waals surface area contributed by atoms with Crippen molar-refractivity contribution >= 4 is 5.91 Å². The maximum absolute atomic E-state index is 12.2. The van der Waals surface area contributed by atoms with Crippen LogP contribution in [0.3, 0.4) is 0 Å². The van der Waals surface area contributed by atoms with E-state index in [9.17, 15) is 4.79 Å². The van der Waals surface area contributed by atoms with Gasteiger partial charge in [-0.3, -0.25) is 4.79 Å². The molecule has 118 valence electrons. The predicted octanol–water partition coefficient (Wildman–Crippen LogP) is 3.45. The van der Waals surface area contributed by atoms with Gasteiger partial charge in [0.1, 0.15) is 11.8 Å². The number of benzene rings is 2. The van der Waals surface area contributed by atoms with Gasteiger partial charge in [0.2, 0.25) is 0 Å². The van der Waals surface area contributed by atoms with Crippen molar-refractivity contribution in [3.05, 3.63) is 65.7 Å². The SMILES string of the molecule is CC(C)[C@@H](NC(=O)COc1ccccc1C#N)c1ccccc1. The van der Waals surface area contributed by atoms with Crippen molar-refractivity contribution in [2.45, 2.75) is 19.9 Å². The first-order valence-electron chi connectivity index (χ1n) is 7.58. The molecule has 2 aromatic carbocycles. The molecule has 0 aliphatic rings. The Labute approximate surface area is 136 Å². The molecule has 4 nitrogen and oxygen atoms in total. The summed E-state index contributed by atoms with van der Waals surface area (Å²) in [6.45, 7) is 4.00. The third-order valence-electron chi connectivity index (χ3n) is 3.51. The lowest BCUT2D eigenvalue weighted by Gasteiger charge is -2.23. The number of hydrogen-bond acceptors (Lipinski definition) is 3. The van der Waals surface area contributed by atoms with Crippen LogP contribution in [0.2, 0.25) is 0 Å². The van der Waals surface area contributed by atoms with E-state index >= 15 is 0 Å². The van der Waals surface area contributed by atoms with Crippen LogP contribution in [0.25, 0.3) is 0 Å². The van der Waals surface area contributed by atoms with E-state index in [2.05, 4.69) is 19.2 Å². The van der Waals surface area contributed by atoms with Gasteiger partial charge in [-0.2, -0.15) is 5.26 Å². The average Bonchev–Trinajstić information content (AvgIpc) is 2.58. The van der Waals surface area contributed by atoms with E-state index in [1.807, 2.05) is 36.4 Å². The van der Waals surface area contributed by atoms with Crippen LogP contribution in [0.4, 0.5) is 0 Å². The summed E-state index contributed by atoms with van der Waals surface area (Å²) in [6.07, 6.45) is 0. The van der Waals surface area contributed by atoms with E-state index in [1.165, 1.54) is 0 Å². The van der Waals surface area contributed by atoms with E-state index in [1.54, 1.807) is 24.3 Å². The number of nitrogens with zero attached hydrogens (tertiary/aromatic N) is 1. The minimum atomic E-state index is -0.208. The van der Waals surface area contributed by atoms with Crippen LogP contribution in [-0.4, -0.2) is 12.5 Å². The summed E-state index contributed by atoms with van der Waals surface area (Å²) in [5, 5.41) is 12.0. The summed E-state index contributed by atoms with van der Waals surface area (Å²) >= 11 is 0. The number of rotatable bonds is 6. The second kappa shape index (κ2) is 8.00. The maximum atomic E-state index is 12.2. The zero-order valence-electron chi connectivity index (χ0n) is 13.3. The molecule has 0 aromatic heterocycles. The molecule has 0 bridgehead atoms. The van der Waals surface area contributed by atoms with Gasteiger partial charge in [0.05, 0.1) is 11.6 Å². The Morgan fingerprint density at radius 3 is 2.43 bits per heavy atom. The predicted molar refractivity (Wildman–Crippen MR) is 88.8 cm³/mol. The molecule has 0 spiro atoms. The number of hydrogen-bond donors (Lipinski definition) is 1. The number of nitriles is 1. The summed E-state index contributed by atoms with van der Waals surface area (Å²) in [7, 11) is 0. The number of carbonyl (C=O) groups excluding carboxylic acids is 1. The van der Waals surface area contributed by atoms with Crippen molar-refractivity contribution in [1.82, 2.24) is 5.32 Å². The zero-order valence-corrected chi connectivity index (χ0v) is 13.3. The van der Waals surface area contributed by atoms with Crippen LogP contribution in [-0.2, 0) is 4.79 Å². The number of amides is 1. The Kier molecular flexibility index (Phi) is 5.76. The Balaban J connectivity index is 1.99. The number of nitrogens with one attached hydrogen (secondary N) is 1. The van der Waals surface area contributed by atoms with Gasteiger partial charge in [-0.05, 0) is 23.6 Å². The molecule has 0 unspecified atom stereocenters. The van der Waals surface area contributed by atoms with Crippen LogP contribution in [0.15, 0.2) is 54.6 Å². The summed E-state index contributed by atoms with van der Waals surface area (Å²) in [5.74, 6) is 0.471. The summed E-state index contributed by atoms with van der Waals surface area (Å²) in [4.78, 5) is 12.2. The van der Waals surface area contributed by atoms with E-state index in [0.29, 0.717) is 11.3 Å². The van der Waals surface area contributed by atoms with Crippen LogP contribution in [0, 0.1) is 17.2 Å². The van der Waals surface area contributed by atoms with Gasteiger partial charge in [-0.15, -0.1) is 0 Å². The molecular formula is C19H20N2O2. The summed E-state index contributed by atoms with van der Waals surface area (Å²) in [5.41, 5.74) is 1.48. The van der Waals surface area contributed by atoms with Gasteiger partial charge in [0.25, 0.3) is 5.91 Å². The molecule has 0 saturated carbocycles. The highest BCUT2D eigenvalue weighted by Gasteiger charge is 2.18. The highest BCUT2D eigenvalue weighted by atomic mass is 16.5. The maximum Gasteiger partial charge on any atom is 0.258 e. The van der Waals surface area contributed by atoms with E-state index in [0.717, 1.165) is 5.56 Å². The molecule has 0 heterocycles. The van der Waals surface area contributed by atoms with E-state index < -0.39 is 0 Å². The minimum absolute atomic E-state index is 0.0708. The standard InChI is InChI=1S/C19H20N2O2/c1-14(2)19(15-8-4-3-5-9-15)21-18(22)13-23-17-11-7-6-10-16(17)12-20/h3-11,14,19H,13H2,1-2H3,(H,21,22)/t19-/m1/s1. The van der Waals surface area contributed by atoms with Gasteiger partial charge in [-0.1, -0.05) is 56.3 Å². The fourth-order valence-electron chi connectivity index (χ4n) is 2.34. The second-order valence-electron chi connectivity index (χ2n) is 5.60. The van der Waals surface area contributed by atoms with Crippen LogP contribution in [0.5, 0.6) is 5.75 Å². The largest absolute Gasteiger partial charge is 0.482 e. The molecule has 1 amide bonds. The molecule has 2 aromatic rings. The summed E-state index contributed by atoms with van der Waals surface area (Å²) in [6, 6.07) is 18.7. The Morgan fingerprint density at radius 1 is 1.13 bits per heavy atom. The summed E-state index contributed by atoms with van der Waals surface area (Å²) < 4.78 is 5.47. The number of ether oxygens (including phenoxy) is 1. The van der Waals surface area contributed by atoms with Crippen molar-refractivity contribution in [1.29, 1.82) is 5.26 Å². The van der Waals surface area contributed by atoms with E-state index in [4.69, 9.17) is 10.00 Å². The first kappa shape index (κ1) is 16.6. The molecule has 0 saturated heterocycles. The van der Waals surface area contributed by atoms with Gasteiger partial charge in [0.15, 0.2) is 6.61 Å². The lowest BCUT2D eigenvalue weighted by Crippen LogP contribution is -2.35. The normalized spacial score (nSPS) is 11.6. The molecule has 0 aliphatic carbocycles. The van der Waals surface area contributed by atoms with Crippen molar-refractivity contribution in [3.63, 3.8) is 0 Å². The highest BCUT2D eigenvalue weighted by Crippen LogP contribution is 2.21. The topological polar surface area (TPSA) is 62.1 Å². The fraction of sp³-hybridized carbons (Fsp3) is 0.263. The monoisotopic (exact) mass is 308 g/mol. The Morgan fingerprint density at radius 2 is 1.78 bits per heavy atom. The van der Waals surface area contributed by atoms with Crippen LogP contribution < -0.4 is 10.1 Å². The molecule has 4 heteroatoms. The van der Waals surface area contributed by atoms with Crippen molar-refractivity contribution < 1.29 is 9.53 Å². The first-order chi connectivity index (χ1) is 11.1. The quantitative estimate of drug-likeness (QED) is 0.889. The molecule has 2 rings (SSSR count). The van der Waals surface area contributed by atoms with Gasteiger partial charge < -0.3 is 10.1 Å². The molecule has 0 radical (unpaired) electrons. The Hall–Kier alpha value is -2.80. The highest BCUT2D eigenvalue weighted by molar-refractivity contribution is 5.78. The van der Waals surface area contributed by atoms with Crippen molar-refractivity contribution in [2.75, 3.05) is 6.61 Å². The Bertz CT molecular complexity index is 690. The van der Waals surface area contributed by atoms with Crippen molar-refractivity contribution in [2.24, 2.45) is 5.92 Å². The lowest BCUT2D eigenvalue weighted by molar-refractivity contribution is -0.124. The first-order valence-corrected chi connectivity index (χ1v) is 7.58. The van der Waals surface area contributed by atoms with E-state index in [-0.39, 0.29) is 24.5 Å². The smallest absolute Gasteiger partial charge is 0.258 e. The van der Waals surface area contributed by atoms with Crippen molar-refractivity contribution in [3.8, 4) is 11.8 Å². The zero-order chi connectivity index (χ0) is 16.7. The molecular weight excluding hydrogens is 288 g/mol. The van der Waals surface area contributed by atoms with Crippen LogP contribution >= 0.6 is 0 Å². The number of carbonyl (C=O) groups is 1. The third kappa shape index (κ3) is 4.58. The second-order valence-corrected chi connectivity index (χ2v) is 5.60. The average molecular weight is 308 g/mol. The number of para-hydroxylation sites is 1. The molecule has 0 fully saturated rings. The van der Waals surface area contributed by atoms with Gasteiger partial charge >= 0.3 is 0 Å². The van der Waals surface area contributed by atoms with Gasteiger partial charge in [-0.25, -0.2) is 0 Å².